The zero-order valence-electron chi connectivity index (χ0n) is 10.1. The first-order chi connectivity index (χ1) is 7.62. The van der Waals surface area contributed by atoms with Crippen LogP contribution in [0, 0.1) is 0 Å². The molecule has 1 aromatic rings. The van der Waals surface area contributed by atoms with E-state index >= 15 is 0 Å². The number of hydrogen-bond donors (Lipinski definition) is 0. The molecule has 1 aromatic carbocycles. The second kappa shape index (κ2) is 6.19. The standard InChI is InChI=1S/C12H19O3P/c1-4-14-12(15-5-2)16(3,13)11-9-7-6-8-10-11/h6-10,12H,4-5H2,1-3H3. The Balaban J connectivity index is 2.93. The first-order valence-corrected chi connectivity index (χ1v) is 7.71. The van der Waals surface area contributed by atoms with Gasteiger partial charge in [0, 0.05) is 18.5 Å². The number of rotatable bonds is 6. The molecule has 1 unspecified atom stereocenters. The van der Waals surface area contributed by atoms with Crippen LogP contribution in [0.1, 0.15) is 13.8 Å². The van der Waals surface area contributed by atoms with Crippen LogP contribution in [0.15, 0.2) is 30.3 Å². The van der Waals surface area contributed by atoms with Gasteiger partial charge in [0.2, 0.25) is 6.03 Å². The van der Waals surface area contributed by atoms with Crippen molar-refractivity contribution in [2.45, 2.75) is 19.9 Å². The third kappa shape index (κ3) is 3.18. The second-order valence-electron chi connectivity index (χ2n) is 3.54. The summed E-state index contributed by atoms with van der Waals surface area (Å²) in [5, 5.41) is 0.793. The largest absolute Gasteiger partial charge is 0.346 e. The van der Waals surface area contributed by atoms with Crippen molar-refractivity contribution in [2.75, 3.05) is 19.9 Å². The summed E-state index contributed by atoms with van der Waals surface area (Å²) < 4.78 is 23.5. The molecule has 0 saturated carbocycles. The molecular weight excluding hydrogens is 223 g/mol. The van der Waals surface area contributed by atoms with Gasteiger partial charge in [0.1, 0.15) is 0 Å². The molecule has 0 aliphatic heterocycles. The van der Waals surface area contributed by atoms with E-state index < -0.39 is 13.2 Å². The van der Waals surface area contributed by atoms with Gasteiger partial charge in [-0.2, -0.15) is 0 Å². The maximum Gasteiger partial charge on any atom is 0.215 e. The highest BCUT2D eigenvalue weighted by Gasteiger charge is 2.31. The Bertz CT molecular complexity index is 345. The Morgan fingerprint density at radius 3 is 2.06 bits per heavy atom. The van der Waals surface area contributed by atoms with Crippen LogP contribution < -0.4 is 5.30 Å². The summed E-state index contributed by atoms with van der Waals surface area (Å²) in [6, 6.07) is 8.73. The van der Waals surface area contributed by atoms with Gasteiger partial charge >= 0.3 is 0 Å². The highest BCUT2D eigenvalue weighted by atomic mass is 31.2. The Morgan fingerprint density at radius 2 is 1.62 bits per heavy atom. The van der Waals surface area contributed by atoms with Crippen molar-refractivity contribution in [2.24, 2.45) is 0 Å². The molecule has 0 aromatic heterocycles. The molecule has 0 aliphatic carbocycles. The summed E-state index contributed by atoms with van der Waals surface area (Å²) in [6.07, 6.45) is 0. The van der Waals surface area contributed by atoms with E-state index in [0.717, 1.165) is 5.30 Å². The van der Waals surface area contributed by atoms with E-state index in [4.69, 9.17) is 9.47 Å². The van der Waals surface area contributed by atoms with Gasteiger partial charge in [-0.15, -0.1) is 0 Å². The molecule has 0 aliphatic rings. The smallest absolute Gasteiger partial charge is 0.215 e. The van der Waals surface area contributed by atoms with E-state index in [1.807, 2.05) is 44.2 Å². The average Bonchev–Trinajstić information content (AvgIpc) is 2.30. The predicted octanol–water partition coefficient (Wildman–Crippen LogP) is 2.66. The molecule has 0 heterocycles. The lowest BCUT2D eigenvalue weighted by Gasteiger charge is -2.24. The highest BCUT2D eigenvalue weighted by Crippen LogP contribution is 2.46. The van der Waals surface area contributed by atoms with Crippen molar-refractivity contribution in [1.82, 2.24) is 0 Å². The zero-order valence-corrected chi connectivity index (χ0v) is 10.9. The molecule has 90 valence electrons. The van der Waals surface area contributed by atoms with Gasteiger partial charge < -0.3 is 14.0 Å². The van der Waals surface area contributed by atoms with E-state index in [2.05, 4.69) is 0 Å². The van der Waals surface area contributed by atoms with Crippen molar-refractivity contribution < 1.29 is 14.0 Å². The fourth-order valence-corrected chi connectivity index (χ4v) is 3.34. The second-order valence-corrected chi connectivity index (χ2v) is 6.46. The molecule has 0 amide bonds. The van der Waals surface area contributed by atoms with Gasteiger partial charge in [0.05, 0.1) is 0 Å². The third-order valence-electron chi connectivity index (χ3n) is 2.29. The summed E-state index contributed by atoms with van der Waals surface area (Å²) in [5.74, 6) is 0. The Kier molecular flexibility index (Phi) is 5.20. The van der Waals surface area contributed by atoms with Gasteiger partial charge in [0.15, 0.2) is 7.14 Å². The fraction of sp³-hybridized carbons (Fsp3) is 0.500. The van der Waals surface area contributed by atoms with Crippen molar-refractivity contribution >= 4 is 12.4 Å². The van der Waals surface area contributed by atoms with Gasteiger partial charge in [-0.25, -0.2) is 0 Å². The quantitative estimate of drug-likeness (QED) is 0.568. The minimum atomic E-state index is -2.63. The number of hydrogen-bond acceptors (Lipinski definition) is 3. The molecular formula is C12H19O3P. The minimum absolute atomic E-state index is 0.495. The Morgan fingerprint density at radius 1 is 1.12 bits per heavy atom. The number of ether oxygens (including phenoxy) is 2. The zero-order chi connectivity index (χ0) is 12.0. The predicted molar refractivity (Wildman–Crippen MR) is 66.6 cm³/mol. The molecule has 0 saturated heterocycles. The first-order valence-electron chi connectivity index (χ1n) is 5.49. The average molecular weight is 242 g/mol. The van der Waals surface area contributed by atoms with Crippen LogP contribution in [-0.2, 0) is 14.0 Å². The maximum absolute atomic E-state index is 12.6. The third-order valence-corrected chi connectivity index (χ3v) is 4.72. The van der Waals surface area contributed by atoms with E-state index in [-0.39, 0.29) is 0 Å². The maximum atomic E-state index is 12.6. The monoisotopic (exact) mass is 242 g/mol. The van der Waals surface area contributed by atoms with Crippen LogP contribution >= 0.6 is 7.14 Å². The van der Waals surface area contributed by atoms with Crippen LogP contribution in [0.25, 0.3) is 0 Å². The van der Waals surface area contributed by atoms with E-state index in [1.165, 1.54) is 0 Å². The molecule has 0 bridgehead atoms. The van der Waals surface area contributed by atoms with Crippen molar-refractivity contribution in [3.05, 3.63) is 30.3 Å². The van der Waals surface area contributed by atoms with Crippen LogP contribution in [0.3, 0.4) is 0 Å². The Hall–Kier alpha value is -0.630. The summed E-state index contributed by atoms with van der Waals surface area (Å²) in [4.78, 5) is 0. The van der Waals surface area contributed by atoms with E-state index in [1.54, 1.807) is 6.66 Å². The number of benzene rings is 1. The fourth-order valence-electron chi connectivity index (χ4n) is 1.46. The van der Waals surface area contributed by atoms with Crippen molar-refractivity contribution in [3.8, 4) is 0 Å². The normalized spacial score (nSPS) is 15.0. The van der Waals surface area contributed by atoms with Crippen molar-refractivity contribution in [3.63, 3.8) is 0 Å². The molecule has 16 heavy (non-hydrogen) atoms. The molecule has 0 radical (unpaired) electrons. The highest BCUT2D eigenvalue weighted by molar-refractivity contribution is 7.71. The molecule has 0 N–H and O–H groups in total. The summed E-state index contributed by atoms with van der Waals surface area (Å²) in [7, 11) is -2.63. The molecule has 4 heteroatoms. The van der Waals surface area contributed by atoms with E-state index in [0.29, 0.717) is 13.2 Å². The summed E-state index contributed by atoms with van der Waals surface area (Å²) >= 11 is 0. The van der Waals surface area contributed by atoms with Gasteiger partial charge in [-0.05, 0) is 20.5 Å². The van der Waals surface area contributed by atoms with E-state index in [9.17, 15) is 4.57 Å². The minimum Gasteiger partial charge on any atom is -0.346 e. The molecule has 3 nitrogen and oxygen atoms in total. The first kappa shape index (κ1) is 13.4. The van der Waals surface area contributed by atoms with Crippen LogP contribution in [-0.4, -0.2) is 25.9 Å². The van der Waals surface area contributed by atoms with Gasteiger partial charge in [-0.1, -0.05) is 30.3 Å². The summed E-state index contributed by atoms with van der Waals surface area (Å²) in [6.45, 7) is 6.44. The lowest BCUT2D eigenvalue weighted by molar-refractivity contribution is -0.0808. The Labute approximate surface area is 97.1 Å². The van der Waals surface area contributed by atoms with Crippen LogP contribution in [0.2, 0.25) is 0 Å². The lowest BCUT2D eigenvalue weighted by Crippen LogP contribution is -2.23. The molecule has 1 rings (SSSR count). The molecule has 0 spiro atoms. The molecule has 0 fully saturated rings. The van der Waals surface area contributed by atoms with Gasteiger partial charge in [-0.3, -0.25) is 0 Å². The lowest BCUT2D eigenvalue weighted by atomic mass is 10.4. The van der Waals surface area contributed by atoms with Crippen LogP contribution in [0.5, 0.6) is 0 Å². The molecule has 1 atom stereocenters. The van der Waals surface area contributed by atoms with Gasteiger partial charge in [0.25, 0.3) is 0 Å². The van der Waals surface area contributed by atoms with Crippen molar-refractivity contribution in [1.29, 1.82) is 0 Å². The topological polar surface area (TPSA) is 35.5 Å². The SMILES string of the molecule is CCOC(OCC)P(C)(=O)c1ccccc1. The van der Waals surface area contributed by atoms with Crippen LogP contribution in [0.4, 0.5) is 0 Å². The summed E-state index contributed by atoms with van der Waals surface area (Å²) in [5.41, 5.74) is 0.